The van der Waals surface area contributed by atoms with Crippen molar-refractivity contribution in [3.05, 3.63) is 28.3 Å². The van der Waals surface area contributed by atoms with E-state index in [1.165, 1.54) is 22.9 Å². The number of nitrogens with two attached hydrogens (primary N) is 1. The Kier molecular flexibility index (Phi) is 2.45. The van der Waals surface area contributed by atoms with Crippen LogP contribution in [-0.2, 0) is 7.05 Å². The van der Waals surface area contributed by atoms with Gasteiger partial charge in [-0.25, -0.2) is 4.79 Å². The molecule has 0 saturated carbocycles. The van der Waals surface area contributed by atoms with Crippen LogP contribution >= 0.6 is 0 Å². The number of nitrogens with zero attached hydrogens (tertiary/aromatic N) is 3. The highest BCUT2D eigenvalue weighted by Gasteiger charge is 1.99. The highest BCUT2D eigenvalue weighted by atomic mass is 16.1. The molecule has 0 aliphatic heterocycles. The van der Waals surface area contributed by atoms with Crippen LogP contribution in [0.3, 0.4) is 0 Å². The van der Waals surface area contributed by atoms with E-state index in [0.717, 1.165) is 0 Å². The van der Waals surface area contributed by atoms with Gasteiger partial charge < -0.3 is 10.3 Å². The van der Waals surface area contributed by atoms with Crippen LogP contribution in [0.5, 0.6) is 0 Å². The molecule has 1 heterocycles. The Hall–Kier alpha value is -2.09. The van der Waals surface area contributed by atoms with Crippen molar-refractivity contribution in [2.24, 2.45) is 7.05 Å². The molecule has 1 rings (SSSR count). The maximum absolute atomic E-state index is 10.9. The first-order valence-corrected chi connectivity index (χ1v) is 3.54. The zero-order chi connectivity index (χ0) is 9.84. The van der Waals surface area contributed by atoms with E-state index in [1.54, 1.807) is 7.05 Å². The van der Waals surface area contributed by atoms with Gasteiger partial charge in [-0.2, -0.15) is 10.2 Å². The summed E-state index contributed by atoms with van der Waals surface area (Å²) in [6.07, 6.45) is 4.30. The summed E-state index contributed by atoms with van der Waals surface area (Å²) in [6, 6.07) is 1.83. The van der Waals surface area contributed by atoms with Crippen molar-refractivity contribution in [3.63, 3.8) is 0 Å². The Morgan fingerprint density at radius 3 is 3.08 bits per heavy atom. The van der Waals surface area contributed by atoms with Gasteiger partial charge in [0.2, 0.25) is 0 Å². The molecule has 5 heteroatoms. The molecule has 0 aliphatic carbocycles. The van der Waals surface area contributed by atoms with Crippen LogP contribution < -0.4 is 11.4 Å². The molecule has 2 N–H and O–H groups in total. The van der Waals surface area contributed by atoms with Gasteiger partial charge in [0.1, 0.15) is 5.82 Å². The molecule has 0 aromatic carbocycles. The molecule has 1 aromatic heterocycles. The van der Waals surface area contributed by atoms with Crippen molar-refractivity contribution in [2.45, 2.75) is 0 Å². The number of aryl methyl sites for hydroxylation is 1. The minimum absolute atomic E-state index is 0.134. The number of hydrogen-bond acceptors (Lipinski definition) is 4. The van der Waals surface area contributed by atoms with Gasteiger partial charge in [-0.3, -0.25) is 0 Å². The van der Waals surface area contributed by atoms with Gasteiger partial charge in [0.05, 0.1) is 6.07 Å². The molecule has 0 radical (unpaired) electrons. The molecular formula is C8H8N4O. The Morgan fingerprint density at radius 1 is 1.77 bits per heavy atom. The topological polar surface area (TPSA) is 84.7 Å². The zero-order valence-corrected chi connectivity index (χ0v) is 7.06. The van der Waals surface area contributed by atoms with Gasteiger partial charge in [-0.15, -0.1) is 0 Å². The summed E-state index contributed by atoms with van der Waals surface area (Å²) in [5.74, 6) is 0.134. The molecule has 5 nitrogen and oxygen atoms in total. The molecular weight excluding hydrogens is 168 g/mol. The van der Waals surface area contributed by atoms with Crippen molar-refractivity contribution in [2.75, 3.05) is 5.73 Å². The Morgan fingerprint density at radius 2 is 2.46 bits per heavy atom. The molecule has 0 aliphatic rings. The lowest BCUT2D eigenvalue weighted by molar-refractivity contribution is 0.811. The average Bonchev–Trinajstić information content (AvgIpc) is 2.09. The third kappa shape index (κ3) is 1.93. The van der Waals surface area contributed by atoms with Crippen molar-refractivity contribution in [3.8, 4) is 6.07 Å². The fourth-order valence-electron chi connectivity index (χ4n) is 0.832. The van der Waals surface area contributed by atoms with Crippen LogP contribution in [0.4, 0.5) is 5.82 Å². The van der Waals surface area contributed by atoms with E-state index in [2.05, 4.69) is 4.98 Å². The monoisotopic (exact) mass is 176 g/mol. The normalized spacial score (nSPS) is 10.2. The number of allylic oxidation sites excluding steroid dienone is 1. The minimum Gasteiger partial charge on any atom is -0.383 e. The molecule has 0 fully saturated rings. The number of hydrogen-bond donors (Lipinski definition) is 1. The Bertz CT molecular complexity index is 438. The van der Waals surface area contributed by atoms with Gasteiger partial charge in [-0.1, -0.05) is 0 Å². The van der Waals surface area contributed by atoms with E-state index in [1.807, 2.05) is 6.07 Å². The second-order valence-electron chi connectivity index (χ2n) is 2.44. The number of nitriles is 1. The van der Waals surface area contributed by atoms with Crippen LogP contribution in [0.15, 0.2) is 17.1 Å². The third-order valence-corrected chi connectivity index (χ3v) is 1.48. The van der Waals surface area contributed by atoms with E-state index in [4.69, 9.17) is 11.0 Å². The largest absolute Gasteiger partial charge is 0.383 e. The van der Waals surface area contributed by atoms with Crippen molar-refractivity contribution in [1.82, 2.24) is 9.55 Å². The number of aromatic nitrogens is 2. The van der Waals surface area contributed by atoms with Crippen LogP contribution in [0.1, 0.15) is 5.56 Å². The number of anilines is 1. The van der Waals surface area contributed by atoms with E-state index in [-0.39, 0.29) is 5.82 Å². The molecule has 0 amide bonds. The van der Waals surface area contributed by atoms with Gasteiger partial charge in [0, 0.05) is 24.9 Å². The predicted octanol–water partition coefficient (Wildman–Crippen LogP) is -0.101. The molecule has 0 bridgehead atoms. The standard InChI is InChI=1S/C8H8N4O/c1-12-5-6(3-2-4-9)7(10)11-8(12)13/h2-3,5H,1H3,(H2,10,11,13). The number of rotatable bonds is 1. The molecule has 1 aromatic rings. The maximum atomic E-state index is 10.9. The maximum Gasteiger partial charge on any atom is 0.349 e. The lowest BCUT2D eigenvalue weighted by Crippen LogP contribution is -2.21. The summed E-state index contributed by atoms with van der Waals surface area (Å²) < 4.78 is 1.30. The lowest BCUT2D eigenvalue weighted by atomic mass is 10.3. The predicted molar refractivity (Wildman–Crippen MR) is 48.5 cm³/mol. The van der Waals surface area contributed by atoms with E-state index in [0.29, 0.717) is 5.56 Å². The summed E-state index contributed by atoms with van der Waals surface area (Å²) in [4.78, 5) is 14.5. The fourth-order valence-corrected chi connectivity index (χ4v) is 0.832. The Labute approximate surface area is 74.7 Å². The second kappa shape index (κ2) is 3.54. The average molecular weight is 176 g/mol. The van der Waals surface area contributed by atoms with Gasteiger partial charge in [0.15, 0.2) is 0 Å². The molecule has 13 heavy (non-hydrogen) atoms. The van der Waals surface area contributed by atoms with Crippen LogP contribution in [0, 0.1) is 11.3 Å². The lowest BCUT2D eigenvalue weighted by Gasteiger charge is -2.00. The van der Waals surface area contributed by atoms with Gasteiger partial charge in [0.25, 0.3) is 0 Å². The van der Waals surface area contributed by atoms with Crippen molar-refractivity contribution >= 4 is 11.9 Å². The first kappa shape index (κ1) is 9.00. The molecule has 0 atom stereocenters. The fraction of sp³-hybridized carbons (Fsp3) is 0.125. The third-order valence-electron chi connectivity index (χ3n) is 1.48. The number of nitrogen functional groups attached to an aromatic ring is 1. The Balaban J connectivity index is 3.25. The van der Waals surface area contributed by atoms with Crippen molar-refractivity contribution in [1.29, 1.82) is 5.26 Å². The SMILES string of the molecule is Cn1cc(C=CC#N)c(N)nc1=O. The van der Waals surface area contributed by atoms with Crippen LogP contribution in [0.2, 0.25) is 0 Å². The van der Waals surface area contributed by atoms with E-state index in [9.17, 15) is 4.79 Å². The molecule has 0 saturated heterocycles. The highest BCUT2D eigenvalue weighted by molar-refractivity contribution is 5.60. The highest BCUT2D eigenvalue weighted by Crippen LogP contribution is 2.05. The van der Waals surface area contributed by atoms with Gasteiger partial charge in [-0.05, 0) is 6.08 Å². The van der Waals surface area contributed by atoms with Crippen molar-refractivity contribution < 1.29 is 0 Å². The van der Waals surface area contributed by atoms with Crippen LogP contribution in [-0.4, -0.2) is 9.55 Å². The summed E-state index contributed by atoms with van der Waals surface area (Å²) >= 11 is 0. The summed E-state index contributed by atoms with van der Waals surface area (Å²) in [5, 5.41) is 8.28. The van der Waals surface area contributed by atoms with E-state index >= 15 is 0 Å². The summed E-state index contributed by atoms with van der Waals surface area (Å²) in [6.45, 7) is 0. The van der Waals surface area contributed by atoms with Crippen LogP contribution in [0.25, 0.3) is 6.08 Å². The summed E-state index contributed by atoms with van der Waals surface area (Å²) in [7, 11) is 1.57. The van der Waals surface area contributed by atoms with E-state index < -0.39 is 5.69 Å². The quantitative estimate of drug-likeness (QED) is 0.605. The zero-order valence-electron chi connectivity index (χ0n) is 7.06. The first-order valence-electron chi connectivity index (χ1n) is 3.54. The summed E-state index contributed by atoms with van der Waals surface area (Å²) in [5.41, 5.74) is 5.59. The minimum atomic E-state index is -0.411. The first-order chi connectivity index (χ1) is 6.15. The molecule has 0 spiro atoms. The van der Waals surface area contributed by atoms with Gasteiger partial charge >= 0.3 is 5.69 Å². The molecule has 66 valence electrons. The second-order valence-corrected chi connectivity index (χ2v) is 2.44. The smallest absolute Gasteiger partial charge is 0.349 e. The molecule has 0 unspecified atom stereocenters.